The van der Waals surface area contributed by atoms with E-state index in [4.69, 9.17) is 0 Å². The van der Waals surface area contributed by atoms with Crippen molar-refractivity contribution in [1.82, 2.24) is 9.44 Å². The molecule has 0 aromatic heterocycles. The van der Waals surface area contributed by atoms with E-state index in [9.17, 15) is 13.2 Å². The average molecular weight is 303 g/mol. The summed E-state index contributed by atoms with van der Waals surface area (Å²) in [4.78, 5) is 10.9. The molecule has 0 rings (SSSR count). The normalized spacial score (nSPS) is 13.3. The van der Waals surface area contributed by atoms with Crippen LogP contribution < -0.4 is 9.44 Å². The molecule has 0 fully saturated rings. The van der Waals surface area contributed by atoms with Crippen molar-refractivity contribution in [2.24, 2.45) is 0 Å². The smallest absolute Gasteiger partial charge is 0.421 e. The van der Waals surface area contributed by atoms with Crippen LogP contribution in [-0.4, -0.2) is 32.5 Å². The van der Waals surface area contributed by atoms with Crippen molar-refractivity contribution in [2.75, 3.05) is 11.9 Å². The van der Waals surface area contributed by atoms with Crippen molar-refractivity contribution in [3.8, 4) is 0 Å². The Kier molecular flexibility index (Phi) is 6.86. The van der Waals surface area contributed by atoms with Crippen LogP contribution >= 0.6 is 15.9 Å². The Labute approximate surface area is 98.1 Å². The van der Waals surface area contributed by atoms with Gasteiger partial charge in [-0.3, -0.25) is 0 Å². The number of hydrogen-bond donors (Lipinski definition) is 2. The van der Waals surface area contributed by atoms with E-state index >= 15 is 0 Å². The fourth-order valence-corrected chi connectivity index (χ4v) is 2.60. The zero-order valence-electron chi connectivity index (χ0n) is 8.62. The van der Waals surface area contributed by atoms with Crippen molar-refractivity contribution in [3.63, 3.8) is 0 Å². The Hall–Kier alpha value is -0.340. The first-order chi connectivity index (χ1) is 6.95. The monoisotopic (exact) mass is 302 g/mol. The van der Waals surface area contributed by atoms with Crippen LogP contribution in [-0.2, 0) is 14.9 Å². The first-order valence-electron chi connectivity index (χ1n) is 4.48. The second-order valence-corrected chi connectivity index (χ2v) is 4.80. The van der Waals surface area contributed by atoms with Gasteiger partial charge in [0.1, 0.15) is 0 Å². The van der Waals surface area contributed by atoms with E-state index in [1.807, 2.05) is 6.92 Å². The Morgan fingerprint density at radius 1 is 1.47 bits per heavy atom. The molecule has 1 amide bonds. The zero-order valence-corrected chi connectivity index (χ0v) is 11.0. The molecular formula is C7H15BrN2O4S. The minimum Gasteiger partial charge on any atom is -0.449 e. The predicted molar refractivity (Wildman–Crippen MR) is 60.1 cm³/mol. The second-order valence-electron chi connectivity index (χ2n) is 2.70. The van der Waals surface area contributed by atoms with Crippen molar-refractivity contribution < 1.29 is 17.9 Å². The Balaban J connectivity index is 4.24. The number of halogens is 1. The molecule has 0 aliphatic rings. The van der Waals surface area contributed by atoms with E-state index in [1.54, 1.807) is 11.6 Å². The van der Waals surface area contributed by atoms with Crippen LogP contribution in [0.4, 0.5) is 4.79 Å². The van der Waals surface area contributed by atoms with E-state index < -0.39 is 16.3 Å². The topological polar surface area (TPSA) is 84.5 Å². The highest BCUT2D eigenvalue weighted by Crippen LogP contribution is 1.97. The predicted octanol–water partition coefficient (Wildman–Crippen LogP) is 0.740. The molecule has 0 aromatic rings. The lowest BCUT2D eigenvalue weighted by atomic mass is 10.3. The summed E-state index contributed by atoms with van der Waals surface area (Å²) in [5, 5.41) is 0.479. The number of nitrogens with one attached hydrogen (secondary N) is 2. The fourth-order valence-electron chi connectivity index (χ4n) is 0.743. The molecule has 2 N–H and O–H groups in total. The first-order valence-corrected chi connectivity index (χ1v) is 7.08. The van der Waals surface area contributed by atoms with E-state index in [0.717, 1.165) is 0 Å². The molecule has 0 aliphatic heterocycles. The lowest BCUT2D eigenvalue weighted by Crippen LogP contribution is -2.45. The Morgan fingerprint density at radius 3 is 2.47 bits per heavy atom. The van der Waals surface area contributed by atoms with Crippen LogP contribution in [0.15, 0.2) is 0 Å². The maximum Gasteiger partial charge on any atom is 0.421 e. The molecule has 15 heavy (non-hydrogen) atoms. The van der Waals surface area contributed by atoms with Crippen molar-refractivity contribution in [3.05, 3.63) is 0 Å². The molecule has 90 valence electrons. The van der Waals surface area contributed by atoms with Gasteiger partial charge in [0.15, 0.2) is 0 Å². The van der Waals surface area contributed by atoms with E-state index in [2.05, 4.69) is 25.4 Å². The van der Waals surface area contributed by atoms with Crippen molar-refractivity contribution in [2.45, 2.75) is 26.3 Å². The summed E-state index contributed by atoms with van der Waals surface area (Å²) >= 11 is 3.15. The minimum atomic E-state index is -3.83. The van der Waals surface area contributed by atoms with Gasteiger partial charge >= 0.3 is 16.3 Å². The highest BCUT2D eigenvalue weighted by Gasteiger charge is 2.18. The van der Waals surface area contributed by atoms with Crippen LogP contribution in [0, 0.1) is 0 Å². The number of hydrogen-bond acceptors (Lipinski definition) is 4. The SMILES string of the molecule is CCOC(=O)NS(=O)(=O)NC(CC)CBr. The zero-order chi connectivity index (χ0) is 11.9. The number of carbonyl (C=O) groups excluding carboxylic acids is 1. The molecule has 0 saturated heterocycles. The molecule has 0 radical (unpaired) electrons. The van der Waals surface area contributed by atoms with Gasteiger partial charge in [-0.1, -0.05) is 22.9 Å². The Bertz CT molecular complexity index is 289. The molecule has 0 heterocycles. The number of rotatable bonds is 6. The lowest BCUT2D eigenvalue weighted by Gasteiger charge is -2.14. The van der Waals surface area contributed by atoms with Gasteiger partial charge in [-0.15, -0.1) is 0 Å². The number of ether oxygens (including phenoxy) is 1. The largest absolute Gasteiger partial charge is 0.449 e. The molecule has 1 atom stereocenters. The van der Waals surface area contributed by atoms with Gasteiger partial charge in [0.05, 0.1) is 6.61 Å². The van der Waals surface area contributed by atoms with Crippen LogP contribution in [0.2, 0.25) is 0 Å². The third kappa shape index (κ3) is 6.69. The summed E-state index contributed by atoms with van der Waals surface area (Å²) in [5.74, 6) is 0. The molecular weight excluding hydrogens is 288 g/mol. The highest BCUT2D eigenvalue weighted by molar-refractivity contribution is 9.09. The molecule has 0 spiro atoms. The highest BCUT2D eigenvalue weighted by atomic mass is 79.9. The van der Waals surface area contributed by atoms with Crippen molar-refractivity contribution >= 4 is 32.2 Å². The van der Waals surface area contributed by atoms with Crippen molar-refractivity contribution in [1.29, 1.82) is 0 Å². The van der Waals surface area contributed by atoms with E-state index in [-0.39, 0.29) is 12.6 Å². The molecule has 0 bridgehead atoms. The molecule has 0 saturated carbocycles. The number of carbonyl (C=O) groups is 1. The lowest BCUT2D eigenvalue weighted by molar-refractivity contribution is 0.158. The summed E-state index contributed by atoms with van der Waals surface area (Å²) in [7, 11) is -3.83. The standard InChI is InChI=1S/C7H15BrN2O4S/c1-3-6(5-8)9-15(12,13)10-7(11)14-4-2/h6,9H,3-5H2,1-2H3,(H,10,11). The number of amides is 1. The van der Waals surface area contributed by atoms with Crippen LogP contribution in [0.1, 0.15) is 20.3 Å². The molecule has 6 nitrogen and oxygen atoms in total. The number of alkyl halides is 1. The van der Waals surface area contributed by atoms with Gasteiger partial charge in [0.25, 0.3) is 0 Å². The summed E-state index contributed by atoms with van der Waals surface area (Å²) in [5.41, 5.74) is 0. The third-order valence-electron chi connectivity index (χ3n) is 1.49. The maximum atomic E-state index is 11.3. The van der Waals surface area contributed by atoms with E-state index in [0.29, 0.717) is 11.8 Å². The van der Waals surface area contributed by atoms with Gasteiger partial charge < -0.3 is 4.74 Å². The fraction of sp³-hybridized carbons (Fsp3) is 0.857. The maximum absolute atomic E-state index is 11.3. The third-order valence-corrected chi connectivity index (χ3v) is 3.35. The van der Waals surface area contributed by atoms with Gasteiger partial charge in [0, 0.05) is 11.4 Å². The average Bonchev–Trinajstić information content (AvgIpc) is 2.13. The summed E-state index contributed by atoms with van der Waals surface area (Å²) < 4.78 is 31.1. The summed E-state index contributed by atoms with van der Waals surface area (Å²) in [6, 6.07) is -0.253. The minimum absolute atomic E-state index is 0.122. The van der Waals surface area contributed by atoms with Gasteiger partial charge in [0.2, 0.25) is 0 Å². The second kappa shape index (κ2) is 7.02. The molecule has 0 aliphatic carbocycles. The summed E-state index contributed by atoms with van der Waals surface area (Å²) in [6.45, 7) is 3.54. The molecule has 0 aromatic carbocycles. The van der Waals surface area contributed by atoms with E-state index in [1.165, 1.54) is 0 Å². The van der Waals surface area contributed by atoms with Crippen LogP contribution in [0.25, 0.3) is 0 Å². The van der Waals surface area contributed by atoms with Crippen LogP contribution in [0.3, 0.4) is 0 Å². The van der Waals surface area contributed by atoms with Crippen LogP contribution in [0.5, 0.6) is 0 Å². The van der Waals surface area contributed by atoms with Gasteiger partial charge in [-0.25, -0.2) is 9.52 Å². The molecule has 8 heteroatoms. The van der Waals surface area contributed by atoms with Gasteiger partial charge in [-0.05, 0) is 13.3 Å². The van der Waals surface area contributed by atoms with Gasteiger partial charge in [-0.2, -0.15) is 13.1 Å². The molecule has 1 unspecified atom stereocenters. The summed E-state index contributed by atoms with van der Waals surface area (Å²) in [6.07, 6.45) is -0.357. The Morgan fingerprint density at radius 2 is 2.07 bits per heavy atom. The quantitative estimate of drug-likeness (QED) is 0.709. The first kappa shape index (κ1) is 14.7.